The number of carbonyl (C=O) groups is 2. The molecular weight excluding hydrogens is 371 g/mol. The zero-order chi connectivity index (χ0) is 20.4. The van der Waals surface area contributed by atoms with E-state index in [2.05, 4.69) is 25.5 Å². The lowest BCUT2D eigenvalue weighted by Crippen LogP contribution is -2.27. The summed E-state index contributed by atoms with van der Waals surface area (Å²) < 4.78 is 46.5. The molecule has 2 rings (SSSR count). The smallest absolute Gasteiger partial charge is 0.444 e. The number of ether oxygens (including phenoxy) is 2. The van der Waals surface area contributed by atoms with Crippen molar-refractivity contribution in [3.8, 4) is 17.0 Å². The molecule has 0 fully saturated rings. The Morgan fingerprint density at radius 3 is 2.41 bits per heavy atom. The number of benzene rings is 1. The molecule has 0 atom stereocenters. The number of nitrogens with zero attached hydrogens (tertiary/aromatic N) is 2. The highest BCUT2D eigenvalue weighted by Crippen LogP contribution is 2.34. The largest absolute Gasteiger partial charge is 0.573 e. The van der Waals surface area contributed by atoms with Gasteiger partial charge in [-0.15, -0.1) is 13.2 Å². The predicted molar refractivity (Wildman–Crippen MR) is 86.9 cm³/mol. The topological polar surface area (TPSA) is 132 Å². The number of amides is 2. The number of nitrogens with one attached hydrogen (secondary N) is 2. The molecule has 0 aliphatic rings. The van der Waals surface area contributed by atoms with E-state index in [4.69, 9.17) is 10.5 Å². The average Bonchev–Trinajstić information content (AvgIpc) is 2.94. The van der Waals surface area contributed by atoms with Crippen LogP contribution < -0.4 is 15.8 Å². The van der Waals surface area contributed by atoms with E-state index < -0.39 is 29.7 Å². The fraction of sp³-hybridized carbons (Fsp3) is 0.333. The van der Waals surface area contributed by atoms with E-state index >= 15 is 0 Å². The van der Waals surface area contributed by atoms with Gasteiger partial charge in [-0.1, -0.05) is 0 Å². The van der Waals surface area contributed by atoms with Gasteiger partial charge in [0.2, 0.25) is 0 Å². The number of aromatic nitrogens is 3. The Morgan fingerprint density at radius 2 is 1.85 bits per heavy atom. The van der Waals surface area contributed by atoms with Crippen molar-refractivity contribution in [3.05, 3.63) is 23.9 Å². The summed E-state index contributed by atoms with van der Waals surface area (Å²) in [4.78, 5) is 23.5. The quantitative estimate of drug-likeness (QED) is 0.739. The van der Waals surface area contributed by atoms with Crippen molar-refractivity contribution in [2.75, 3.05) is 5.32 Å². The molecule has 146 valence electrons. The minimum atomic E-state index is -4.94. The number of aromatic amines is 1. The first-order valence-electron chi connectivity index (χ1n) is 7.46. The van der Waals surface area contributed by atoms with Crippen LogP contribution >= 0.6 is 0 Å². The molecule has 27 heavy (non-hydrogen) atoms. The second kappa shape index (κ2) is 7.13. The average molecular weight is 387 g/mol. The molecule has 0 saturated carbocycles. The number of alkyl halides is 3. The second-order valence-electron chi connectivity index (χ2n) is 6.27. The van der Waals surface area contributed by atoms with Crippen molar-refractivity contribution in [2.24, 2.45) is 5.73 Å². The first kappa shape index (κ1) is 20.0. The number of H-pyrrole nitrogens is 1. The van der Waals surface area contributed by atoms with E-state index in [0.29, 0.717) is 0 Å². The highest BCUT2D eigenvalue weighted by Gasteiger charge is 2.32. The van der Waals surface area contributed by atoms with Crippen molar-refractivity contribution in [1.82, 2.24) is 15.4 Å². The molecule has 1 heterocycles. The van der Waals surface area contributed by atoms with Gasteiger partial charge in [-0.05, 0) is 39.0 Å². The first-order chi connectivity index (χ1) is 12.4. The Hall–Kier alpha value is -3.31. The lowest BCUT2D eigenvalue weighted by Gasteiger charge is -2.20. The van der Waals surface area contributed by atoms with Crippen LogP contribution in [0.15, 0.2) is 18.2 Å². The minimum absolute atomic E-state index is 0.00942. The van der Waals surface area contributed by atoms with E-state index in [1.165, 1.54) is 0 Å². The zero-order valence-electron chi connectivity index (χ0n) is 14.5. The molecule has 1 aromatic carbocycles. The van der Waals surface area contributed by atoms with E-state index in [1.54, 1.807) is 20.8 Å². The summed E-state index contributed by atoms with van der Waals surface area (Å²) in [5.41, 5.74) is 3.81. The van der Waals surface area contributed by atoms with Crippen molar-refractivity contribution in [2.45, 2.75) is 32.7 Å². The zero-order valence-corrected chi connectivity index (χ0v) is 14.5. The van der Waals surface area contributed by atoms with Gasteiger partial charge in [-0.3, -0.25) is 10.1 Å². The van der Waals surface area contributed by atoms with E-state index in [0.717, 1.165) is 18.2 Å². The van der Waals surface area contributed by atoms with Crippen molar-refractivity contribution in [3.63, 3.8) is 0 Å². The van der Waals surface area contributed by atoms with Gasteiger partial charge in [0.15, 0.2) is 5.69 Å². The first-order valence-corrected chi connectivity index (χ1v) is 7.46. The molecule has 4 N–H and O–H groups in total. The van der Waals surface area contributed by atoms with Gasteiger partial charge in [-0.25, -0.2) is 4.79 Å². The van der Waals surface area contributed by atoms with Gasteiger partial charge in [-0.2, -0.15) is 15.4 Å². The van der Waals surface area contributed by atoms with Crippen LogP contribution in [0, 0.1) is 0 Å². The van der Waals surface area contributed by atoms with Gasteiger partial charge in [0.1, 0.15) is 17.0 Å². The third-order valence-electron chi connectivity index (χ3n) is 2.90. The third-order valence-corrected chi connectivity index (χ3v) is 2.90. The van der Waals surface area contributed by atoms with Crippen LogP contribution in [0.2, 0.25) is 0 Å². The summed E-state index contributed by atoms with van der Waals surface area (Å²) in [5.74, 6) is -1.56. The minimum Gasteiger partial charge on any atom is -0.444 e. The number of hydrogen-bond acceptors (Lipinski definition) is 6. The van der Waals surface area contributed by atoms with E-state index in [9.17, 15) is 22.8 Å². The number of primary amides is 1. The van der Waals surface area contributed by atoms with Crippen molar-refractivity contribution >= 4 is 17.7 Å². The molecule has 0 unspecified atom stereocenters. The second-order valence-corrected chi connectivity index (χ2v) is 6.27. The fourth-order valence-electron chi connectivity index (χ4n) is 2.03. The summed E-state index contributed by atoms with van der Waals surface area (Å²) in [6, 6.07) is 3.05. The van der Waals surface area contributed by atoms with E-state index in [-0.39, 0.29) is 22.6 Å². The number of nitrogens with two attached hydrogens (primary N) is 1. The fourth-order valence-corrected chi connectivity index (χ4v) is 2.03. The molecule has 0 radical (unpaired) electrons. The standard InChI is InChI=1S/C15H16F3N5O4/c1-14(2,3)27-13(25)20-9-5-4-7(26-15(16,17)18)6-8(9)10-11(12(19)24)22-23-21-10/h4-6H,1-3H3,(H2,19,24)(H,20,25)(H,21,22,23). The normalized spacial score (nSPS) is 11.8. The summed E-state index contributed by atoms with van der Waals surface area (Å²) in [6.07, 6.45) is -5.80. The number of carbonyl (C=O) groups excluding carboxylic acids is 2. The summed E-state index contributed by atoms with van der Waals surface area (Å²) in [7, 11) is 0. The van der Waals surface area contributed by atoms with Gasteiger partial charge in [0.05, 0.1) is 5.69 Å². The Labute approximate surface area is 151 Å². The SMILES string of the molecule is CC(C)(C)OC(=O)Nc1ccc(OC(F)(F)F)cc1-c1n[nH]nc1C(N)=O. The molecule has 0 spiro atoms. The highest BCUT2D eigenvalue weighted by molar-refractivity contribution is 6.00. The maximum atomic E-state index is 12.5. The van der Waals surface area contributed by atoms with Gasteiger partial charge in [0, 0.05) is 5.56 Å². The van der Waals surface area contributed by atoms with Crippen LogP contribution in [0.25, 0.3) is 11.3 Å². The lowest BCUT2D eigenvalue weighted by atomic mass is 10.1. The molecule has 0 bridgehead atoms. The van der Waals surface area contributed by atoms with Crippen LogP contribution in [0.5, 0.6) is 5.75 Å². The van der Waals surface area contributed by atoms with Crippen LogP contribution in [0.3, 0.4) is 0 Å². The Morgan fingerprint density at radius 1 is 1.19 bits per heavy atom. The molecule has 2 aromatic rings. The molecule has 0 aliphatic heterocycles. The molecule has 1 aromatic heterocycles. The molecule has 2 amide bonds. The van der Waals surface area contributed by atoms with Crippen molar-refractivity contribution < 1.29 is 32.2 Å². The highest BCUT2D eigenvalue weighted by atomic mass is 19.4. The maximum absolute atomic E-state index is 12.5. The molecule has 9 nitrogen and oxygen atoms in total. The molecular formula is C15H16F3N5O4. The van der Waals surface area contributed by atoms with Crippen LogP contribution in [-0.4, -0.2) is 39.4 Å². The molecule has 0 aliphatic carbocycles. The number of anilines is 1. The Bertz CT molecular complexity index is 858. The Kier molecular flexibility index (Phi) is 5.28. The molecule has 12 heteroatoms. The monoisotopic (exact) mass is 387 g/mol. The van der Waals surface area contributed by atoms with Gasteiger partial charge >= 0.3 is 12.5 Å². The van der Waals surface area contributed by atoms with Gasteiger partial charge < -0.3 is 15.2 Å². The summed E-state index contributed by atoms with van der Waals surface area (Å²) in [6.45, 7) is 4.91. The summed E-state index contributed by atoms with van der Waals surface area (Å²) in [5, 5.41) is 11.8. The maximum Gasteiger partial charge on any atom is 0.573 e. The van der Waals surface area contributed by atoms with Crippen LogP contribution in [0.4, 0.5) is 23.7 Å². The van der Waals surface area contributed by atoms with Crippen LogP contribution in [-0.2, 0) is 4.74 Å². The molecule has 0 saturated heterocycles. The lowest BCUT2D eigenvalue weighted by molar-refractivity contribution is -0.274. The predicted octanol–water partition coefficient (Wildman–Crippen LogP) is 2.82. The van der Waals surface area contributed by atoms with Crippen molar-refractivity contribution in [1.29, 1.82) is 0 Å². The summed E-state index contributed by atoms with van der Waals surface area (Å²) >= 11 is 0. The van der Waals surface area contributed by atoms with Gasteiger partial charge in [0.25, 0.3) is 5.91 Å². The number of hydrogen-bond donors (Lipinski definition) is 3. The van der Waals surface area contributed by atoms with E-state index in [1.807, 2.05) is 0 Å². The number of halogens is 3. The Balaban J connectivity index is 2.48. The van der Waals surface area contributed by atoms with Crippen LogP contribution in [0.1, 0.15) is 31.3 Å². The third kappa shape index (κ3) is 5.59. The number of rotatable bonds is 4.